The number of pyridine rings is 1. The molecular formula is C14H13NO2. The molecule has 1 aliphatic rings. The van der Waals surface area contributed by atoms with E-state index >= 15 is 0 Å². The van der Waals surface area contributed by atoms with Crippen LogP contribution in [0.4, 0.5) is 0 Å². The third kappa shape index (κ3) is 1.78. The van der Waals surface area contributed by atoms with Gasteiger partial charge >= 0.3 is 0 Å². The van der Waals surface area contributed by atoms with Gasteiger partial charge in [0.1, 0.15) is 6.26 Å². The van der Waals surface area contributed by atoms with Crippen molar-refractivity contribution in [1.29, 1.82) is 0 Å². The van der Waals surface area contributed by atoms with Crippen LogP contribution in [-0.4, -0.2) is 10.8 Å². The zero-order valence-corrected chi connectivity index (χ0v) is 9.43. The van der Waals surface area contributed by atoms with E-state index in [1.165, 1.54) is 18.1 Å². The number of Topliss-reactive ketones (excluding diaryl/α,β-unsaturated/α-hetero) is 1. The van der Waals surface area contributed by atoms with Crippen LogP contribution < -0.4 is 0 Å². The fourth-order valence-corrected chi connectivity index (χ4v) is 2.47. The van der Waals surface area contributed by atoms with Crippen molar-refractivity contribution in [1.82, 2.24) is 4.98 Å². The van der Waals surface area contributed by atoms with Crippen LogP contribution in [0.5, 0.6) is 0 Å². The molecule has 0 radical (unpaired) electrons. The highest BCUT2D eigenvalue weighted by Crippen LogP contribution is 2.32. The lowest BCUT2D eigenvalue weighted by Crippen LogP contribution is -2.19. The van der Waals surface area contributed by atoms with Gasteiger partial charge in [-0.1, -0.05) is 6.07 Å². The Bertz CT molecular complexity index is 531. The fourth-order valence-electron chi connectivity index (χ4n) is 2.47. The summed E-state index contributed by atoms with van der Waals surface area (Å²) in [5.41, 5.74) is 2.80. The molecule has 17 heavy (non-hydrogen) atoms. The predicted molar refractivity (Wildman–Crippen MR) is 63.0 cm³/mol. The van der Waals surface area contributed by atoms with E-state index in [9.17, 15) is 4.79 Å². The van der Waals surface area contributed by atoms with Gasteiger partial charge in [-0.2, -0.15) is 0 Å². The van der Waals surface area contributed by atoms with Crippen molar-refractivity contribution in [3.05, 3.63) is 53.7 Å². The summed E-state index contributed by atoms with van der Waals surface area (Å²) in [4.78, 5) is 16.7. The fraction of sp³-hybridized carbons (Fsp3) is 0.286. The molecule has 0 bridgehead atoms. The quantitative estimate of drug-likeness (QED) is 0.741. The van der Waals surface area contributed by atoms with Crippen molar-refractivity contribution in [2.45, 2.75) is 25.2 Å². The number of carbonyl (C=O) groups is 1. The largest absolute Gasteiger partial charge is 0.472 e. The third-order valence-corrected chi connectivity index (χ3v) is 3.32. The Kier molecular flexibility index (Phi) is 2.52. The molecule has 0 saturated heterocycles. The van der Waals surface area contributed by atoms with Gasteiger partial charge in [-0.3, -0.25) is 9.78 Å². The molecule has 0 spiro atoms. The first kappa shape index (κ1) is 10.3. The van der Waals surface area contributed by atoms with Crippen molar-refractivity contribution >= 4 is 5.78 Å². The average molecular weight is 227 g/mol. The van der Waals surface area contributed by atoms with Gasteiger partial charge < -0.3 is 4.42 Å². The Labute approximate surface area is 99.5 Å². The second kappa shape index (κ2) is 4.17. The van der Waals surface area contributed by atoms with Crippen LogP contribution in [0, 0.1) is 0 Å². The standard InChI is InChI=1S/C14H13NO2/c16-14(11-6-8-17-9-11)12-5-1-3-10-4-2-7-15-13(10)12/h2,4,6-9,12H,1,3,5H2. The number of rotatable bonds is 2. The van der Waals surface area contributed by atoms with Crippen molar-refractivity contribution in [2.75, 3.05) is 0 Å². The van der Waals surface area contributed by atoms with Gasteiger partial charge in [0.05, 0.1) is 23.4 Å². The maximum atomic E-state index is 12.3. The molecule has 0 aliphatic heterocycles. The molecule has 0 amide bonds. The second-order valence-electron chi connectivity index (χ2n) is 4.37. The number of nitrogens with zero attached hydrogens (tertiary/aromatic N) is 1. The maximum Gasteiger partial charge on any atom is 0.175 e. The lowest BCUT2D eigenvalue weighted by Gasteiger charge is -2.22. The third-order valence-electron chi connectivity index (χ3n) is 3.32. The Morgan fingerprint density at radius 3 is 3.18 bits per heavy atom. The van der Waals surface area contributed by atoms with E-state index in [-0.39, 0.29) is 11.7 Å². The molecule has 2 aromatic rings. The van der Waals surface area contributed by atoms with E-state index in [4.69, 9.17) is 4.42 Å². The molecule has 86 valence electrons. The van der Waals surface area contributed by atoms with Gasteiger partial charge in [-0.05, 0) is 37.0 Å². The molecule has 3 nitrogen and oxygen atoms in total. The summed E-state index contributed by atoms with van der Waals surface area (Å²) in [6.45, 7) is 0. The molecule has 1 atom stereocenters. The zero-order chi connectivity index (χ0) is 11.7. The van der Waals surface area contributed by atoms with E-state index in [0.717, 1.165) is 25.0 Å². The SMILES string of the molecule is O=C(c1ccoc1)C1CCCc2cccnc21. The highest BCUT2D eigenvalue weighted by atomic mass is 16.3. The highest BCUT2D eigenvalue weighted by molar-refractivity contribution is 6.00. The van der Waals surface area contributed by atoms with Crippen LogP contribution in [0.3, 0.4) is 0 Å². The first-order valence-corrected chi connectivity index (χ1v) is 5.86. The van der Waals surface area contributed by atoms with Crippen molar-refractivity contribution in [2.24, 2.45) is 0 Å². The lowest BCUT2D eigenvalue weighted by molar-refractivity contribution is 0.0948. The summed E-state index contributed by atoms with van der Waals surface area (Å²) in [5, 5.41) is 0. The van der Waals surface area contributed by atoms with Crippen LogP contribution in [-0.2, 0) is 6.42 Å². The monoisotopic (exact) mass is 227 g/mol. The van der Waals surface area contributed by atoms with E-state index in [1.807, 2.05) is 6.07 Å². The summed E-state index contributed by atoms with van der Waals surface area (Å²) in [5.74, 6) is 0.0240. The van der Waals surface area contributed by atoms with Crippen LogP contribution >= 0.6 is 0 Å². The minimum atomic E-state index is -0.0995. The maximum absolute atomic E-state index is 12.3. The highest BCUT2D eigenvalue weighted by Gasteiger charge is 2.28. The molecule has 1 unspecified atom stereocenters. The number of fused-ring (bicyclic) bond motifs is 1. The van der Waals surface area contributed by atoms with Crippen LogP contribution in [0.25, 0.3) is 0 Å². The van der Waals surface area contributed by atoms with Gasteiger partial charge in [0, 0.05) is 6.20 Å². The molecule has 2 heterocycles. The molecule has 3 rings (SSSR count). The molecule has 0 aromatic carbocycles. The number of aromatic nitrogens is 1. The first-order chi connectivity index (χ1) is 8.36. The summed E-state index contributed by atoms with van der Waals surface area (Å²) < 4.78 is 4.97. The number of ketones is 1. The molecule has 2 aromatic heterocycles. The number of hydrogen-bond acceptors (Lipinski definition) is 3. The Hall–Kier alpha value is -1.90. The van der Waals surface area contributed by atoms with Gasteiger partial charge in [-0.25, -0.2) is 0 Å². The van der Waals surface area contributed by atoms with Crippen LogP contribution in [0.15, 0.2) is 41.3 Å². The van der Waals surface area contributed by atoms with Gasteiger partial charge in [0.2, 0.25) is 0 Å². The van der Waals surface area contributed by atoms with Crippen molar-refractivity contribution < 1.29 is 9.21 Å². The molecule has 0 N–H and O–H groups in total. The Balaban J connectivity index is 1.98. The molecule has 0 saturated carbocycles. The minimum absolute atomic E-state index is 0.0995. The van der Waals surface area contributed by atoms with Crippen LogP contribution in [0.1, 0.15) is 40.4 Å². The summed E-state index contributed by atoms with van der Waals surface area (Å²) >= 11 is 0. The predicted octanol–water partition coefficient (Wildman–Crippen LogP) is 2.98. The van der Waals surface area contributed by atoms with Crippen molar-refractivity contribution in [3.63, 3.8) is 0 Å². The first-order valence-electron chi connectivity index (χ1n) is 5.86. The number of furan rings is 1. The average Bonchev–Trinajstić information content (AvgIpc) is 2.91. The number of carbonyl (C=O) groups excluding carboxylic acids is 1. The Morgan fingerprint density at radius 2 is 2.35 bits per heavy atom. The topological polar surface area (TPSA) is 43.1 Å². The number of hydrogen-bond donors (Lipinski definition) is 0. The molecule has 0 fully saturated rings. The van der Waals surface area contributed by atoms with Crippen LogP contribution in [0.2, 0.25) is 0 Å². The molecular weight excluding hydrogens is 214 g/mol. The zero-order valence-electron chi connectivity index (χ0n) is 9.43. The van der Waals surface area contributed by atoms with Gasteiger partial charge in [0.25, 0.3) is 0 Å². The van der Waals surface area contributed by atoms with Gasteiger partial charge in [0.15, 0.2) is 5.78 Å². The van der Waals surface area contributed by atoms with E-state index in [2.05, 4.69) is 11.1 Å². The summed E-state index contributed by atoms with van der Waals surface area (Å²) in [6.07, 6.45) is 7.77. The normalized spacial score (nSPS) is 18.7. The Morgan fingerprint density at radius 1 is 1.41 bits per heavy atom. The summed E-state index contributed by atoms with van der Waals surface area (Å²) in [6, 6.07) is 5.72. The van der Waals surface area contributed by atoms with E-state index in [1.54, 1.807) is 12.3 Å². The number of aryl methyl sites for hydroxylation is 1. The molecule has 3 heteroatoms. The van der Waals surface area contributed by atoms with E-state index in [0.29, 0.717) is 5.56 Å². The van der Waals surface area contributed by atoms with Gasteiger partial charge in [-0.15, -0.1) is 0 Å². The van der Waals surface area contributed by atoms with E-state index < -0.39 is 0 Å². The minimum Gasteiger partial charge on any atom is -0.472 e. The lowest BCUT2D eigenvalue weighted by atomic mass is 9.82. The smallest absolute Gasteiger partial charge is 0.175 e. The second-order valence-corrected chi connectivity index (χ2v) is 4.37. The van der Waals surface area contributed by atoms with Crippen molar-refractivity contribution in [3.8, 4) is 0 Å². The molecule has 1 aliphatic carbocycles. The summed E-state index contributed by atoms with van der Waals surface area (Å²) in [7, 11) is 0.